The van der Waals surface area contributed by atoms with Gasteiger partial charge in [0, 0.05) is 12.0 Å². The van der Waals surface area contributed by atoms with E-state index in [2.05, 4.69) is 6.07 Å². The molecule has 1 aliphatic heterocycles. The van der Waals surface area contributed by atoms with Gasteiger partial charge in [-0.2, -0.15) is 5.26 Å². The fourth-order valence-corrected chi connectivity index (χ4v) is 1.72. The van der Waals surface area contributed by atoms with Crippen molar-refractivity contribution in [1.82, 2.24) is 0 Å². The van der Waals surface area contributed by atoms with Crippen molar-refractivity contribution in [3.63, 3.8) is 0 Å². The molecular formula is C11H12N2O. The Labute approximate surface area is 83.1 Å². The molecule has 0 bridgehead atoms. The maximum atomic E-state index is 8.65. The summed E-state index contributed by atoms with van der Waals surface area (Å²) in [7, 11) is 0. The van der Waals surface area contributed by atoms with E-state index in [0.717, 1.165) is 5.56 Å². The molecule has 1 aromatic rings. The molecule has 1 aromatic carbocycles. The SMILES string of the molecule is N#Cc1ccc([C@@H]2COC[C@@H]2N)cc1. The summed E-state index contributed by atoms with van der Waals surface area (Å²) in [5.74, 6) is 0.280. The van der Waals surface area contributed by atoms with Crippen molar-refractivity contribution in [2.45, 2.75) is 12.0 Å². The van der Waals surface area contributed by atoms with E-state index in [1.165, 1.54) is 0 Å². The summed E-state index contributed by atoms with van der Waals surface area (Å²) in [6, 6.07) is 9.73. The number of hydrogen-bond acceptors (Lipinski definition) is 3. The summed E-state index contributed by atoms with van der Waals surface area (Å²) in [6.07, 6.45) is 0. The molecule has 1 aliphatic rings. The summed E-state index contributed by atoms with van der Waals surface area (Å²) in [4.78, 5) is 0. The Morgan fingerprint density at radius 1 is 1.29 bits per heavy atom. The fourth-order valence-electron chi connectivity index (χ4n) is 1.72. The molecule has 2 atom stereocenters. The Morgan fingerprint density at radius 3 is 2.50 bits per heavy atom. The lowest BCUT2D eigenvalue weighted by atomic mass is 9.94. The van der Waals surface area contributed by atoms with E-state index in [9.17, 15) is 0 Å². The number of nitrogens with zero attached hydrogens (tertiary/aromatic N) is 1. The maximum Gasteiger partial charge on any atom is 0.0991 e. The summed E-state index contributed by atoms with van der Waals surface area (Å²) in [5.41, 5.74) is 7.73. The molecule has 3 nitrogen and oxygen atoms in total. The van der Waals surface area contributed by atoms with Crippen LogP contribution in [0, 0.1) is 11.3 Å². The molecule has 72 valence electrons. The zero-order valence-corrected chi connectivity index (χ0v) is 7.81. The van der Waals surface area contributed by atoms with Crippen molar-refractivity contribution in [3.05, 3.63) is 35.4 Å². The van der Waals surface area contributed by atoms with Gasteiger partial charge in [0.15, 0.2) is 0 Å². The second kappa shape index (κ2) is 3.79. The number of nitrogens with two attached hydrogens (primary N) is 1. The van der Waals surface area contributed by atoms with Crippen LogP contribution in [0.5, 0.6) is 0 Å². The fraction of sp³-hybridized carbons (Fsp3) is 0.364. The molecule has 0 spiro atoms. The van der Waals surface area contributed by atoms with Gasteiger partial charge >= 0.3 is 0 Å². The molecule has 3 heteroatoms. The van der Waals surface area contributed by atoms with E-state index in [4.69, 9.17) is 15.7 Å². The van der Waals surface area contributed by atoms with Crippen LogP contribution in [0.2, 0.25) is 0 Å². The first kappa shape index (κ1) is 9.20. The molecule has 14 heavy (non-hydrogen) atoms. The quantitative estimate of drug-likeness (QED) is 0.715. The van der Waals surface area contributed by atoms with Crippen molar-refractivity contribution in [1.29, 1.82) is 5.26 Å². The average Bonchev–Trinajstić information content (AvgIpc) is 2.65. The Kier molecular flexibility index (Phi) is 2.49. The highest BCUT2D eigenvalue weighted by atomic mass is 16.5. The topological polar surface area (TPSA) is 59.0 Å². The molecule has 0 amide bonds. The van der Waals surface area contributed by atoms with Gasteiger partial charge in [-0.05, 0) is 17.7 Å². The highest BCUT2D eigenvalue weighted by Crippen LogP contribution is 2.24. The van der Waals surface area contributed by atoms with E-state index in [0.29, 0.717) is 18.8 Å². The van der Waals surface area contributed by atoms with E-state index >= 15 is 0 Å². The van der Waals surface area contributed by atoms with Gasteiger partial charge < -0.3 is 10.5 Å². The van der Waals surface area contributed by atoms with Crippen LogP contribution < -0.4 is 5.73 Å². The lowest BCUT2D eigenvalue weighted by Gasteiger charge is -2.12. The maximum absolute atomic E-state index is 8.65. The minimum atomic E-state index is 0.0861. The molecule has 0 aromatic heterocycles. The van der Waals surface area contributed by atoms with Crippen LogP contribution >= 0.6 is 0 Å². The van der Waals surface area contributed by atoms with Gasteiger partial charge in [0.25, 0.3) is 0 Å². The Morgan fingerprint density at radius 2 is 2.00 bits per heavy atom. The van der Waals surface area contributed by atoms with Crippen LogP contribution in [0.25, 0.3) is 0 Å². The van der Waals surface area contributed by atoms with Gasteiger partial charge in [-0.25, -0.2) is 0 Å². The summed E-state index contributed by atoms with van der Waals surface area (Å²) < 4.78 is 5.29. The van der Waals surface area contributed by atoms with Crippen molar-refractivity contribution < 1.29 is 4.74 Å². The van der Waals surface area contributed by atoms with Crippen LogP contribution in [0.3, 0.4) is 0 Å². The lowest BCUT2D eigenvalue weighted by molar-refractivity contribution is 0.191. The average molecular weight is 188 g/mol. The van der Waals surface area contributed by atoms with Crippen LogP contribution in [0.4, 0.5) is 0 Å². The van der Waals surface area contributed by atoms with Gasteiger partial charge in [0.2, 0.25) is 0 Å². The minimum absolute atomic E-state index is 0.0861. The van der Waals surface area contributed by atoms with Crippen molar-refractivity contribution >= 4 is 0 Å². The number of nitriles is 1. The van der Waals surface area contributed by atoms with Gasteiger partial charge in [-0.15, -0.1) is 0 Å². The molecule has 1 heterocycles. The molecule has 0 aliphatic carbocycles. The Balaban J connectivity index is 2.21. The third-order valence-electron chi connectivity index (χ3n) is 2.59. The first-order chi connectivity index (χ1) is 6.81. The van der Waals surface area contributed by atoms with Crippen LogP contribution in [0.1, 0.15) is 17.0 Å². The standard InChI is InChI=1S/C11H12N2O/c12-5-8-1-3-9(4-2-8)10-6-14-7-11(10)13/h1-4,10-11H,6-7,13H2/t10-,11-/m0/s1. The van der Waals surface area contributed by atoms with Crippen LogP contribution in [-0.4, -0.2) is 19.3 Å². The van der Waals surface area contributed by atoms with Gasteiger partial charge in [0.05, 0.1) is 24.8 Å². The zero-order chi connectivity index (χ0) is 9.97. The van der Waals surface area contributed by atoms with Gasteiger partial charge in [-0.1, -0.05) is 12.1 Å². The Hall–Kier alpha value is -1.37. The third-order valence-corrected chi connectivity index (χ3v) is 2.59. The summed E-state index contributed by atoms with van der Waals surface area (Å²) >= 11 is 0. The number of ether oxygens (including phenoxy) is 1. The number of benzene rings is 1. The van der Waals surface area contributed by atoms with E-state index in [1.54, 1.807) is 0 Å². The largest absolute Gasteiger partial charge is 0.379 e. The van der Waals surface area contributed by atoms with Crippen LogP contribution in [-0.2, 0) is 4.74 Å². The highest BCUT2D eigenvalue weighted by Gasteiger charge is 2.25. The first-order valence-corrected chi connectivity index (χ1v) is 4.64. The third kappa shape index (κ3) is 1.63. The van der Waals surface area contributed by atoms with Gasteiger partial charge in [-0.3, -0.25) is 0 Å². The second-order valence-corrected chi connectivity index (χ2v) is 3.54. The minimum Gasteiger partial charge on any atom is -0.379 e. The van der Waals surface area contributed by atoms with Crippen molar-refractivity contribution in [3.8, 4) is 6.07 Å². The predicted octanol–water partition coefficient (Wildman–Crippen LogP) is 0.999. The molecule has 2 rings (SSSR count). The first-order valence-electron chi connectivity index (χ1n) is 4.64. The van der Waals surface area contributed by atoms with Crippen LogP contribution in [0.15, 0.2) is 24.3 Å². The molecule has 0 unspecified atom stereocenters. The molecule has 0 radical (unpaired) electrons. The molecule has 0 saturated carbocycles. The highest BCUT2D eigenvalue weighted by molar-refractivity contribution is 5.33. The predicted molar refractivity (Wildman–Crippen MR) is 52.7 cm³/mol. The van der Waals surface area contributed by atoms with E-state index in [1.807, 2.05) is 24.3 Å². The van der Waals surface area contributed by atoms with E-state index < -0.39 is 0 Å². The van der Waals surface area contributed by atoms with Crippen molar-refractivity contribution in [2.24, 2.45) is 5.73 Å². The van der Waals surface area contributed by atoms with E-state index in [-0.39, 0.29) is 12.0 Å². The van der Waals surface area contributed by atoms with Gasteiger partial charge in [0.1, 0.15) is 0 Å². The molecule has 1 saturated heterocycles. The Bertz CT molecular complexity index is 353. The number of hydrogen-bond donors (Lipinski definition) is 1. The summed E-state index contributed by atoms with van der Waals surface area (Å²) in [5, 5.41) is 8.65. The normalized spacial score (nSPS) is 26.0. The zero-order valence-electron chi connectivity index (χ0n) is 7.81. The molecule has 2 N–H and O–H groups in total. The lowest BCUT2D eigenvalue weighted by Crippen LogP contribution is -2.26. The number of rotatable bonds is 1. The monoisotopic (exact) mass is 188 g/mol. The molecule has 1 fully saturated rings. The summed E-state index contributed by atoms with van der Waals surface area (Å²) in [6.45, 7) is 1.32. The second-order valence-electron chi connectivity index (χ2n) is 3.54. The molecular weight excluding hydrogens is 176 g/mol. The smallest absolute Gasteiger partial charge is 0.0991 e. The van der Waals surface area contributed by atoms with Crippen molar-refractivity contribution in [2.75, 3.05) is 13.2 Å².